The molecule has 0 aliphatic heterocycles. The topological polar surface area (TPSA) is 76.8 Å². The van der Waals surface area contributed by atoms with E-state index >= 15 is 0 Å². The Balaban J connectivity index is 1.84. The highest BCUT2D eigenvalue weighted by molar-refractivity contribution is 5.55. The molecule has 1 aromatic heterocycles. The molecular weight excluding hydrogens is 276 g/mol. The van der Waals surface area contributed by atoms with Crippen LogP contribution in [0.15, 0.2) is 48.5 Å². The second kappa shape index (κ2) is 5.99. The first-order chi connectivity index (χ1) is 10.7. The minimum Gasteiger partial charge on any atom is -0.497 e. The number of H-pyrrole nitrogens is 1. The summed E-state index contributed by atoms with van der Waals surface area (Å²) in [5.41, 5.74) is 9.37. The number of nitrogens with zero attached hydrogens (tertiary/aromatic N) is 2. The van der Waals surface area contributed by atoms with Crippen LogP contribution in [0.4, 0.5) is 0 Å². The van der Waals surface area contributed by atoms with Gasteiger partial charge in [0.05, 0.1) is 13.2 Å². The molecule has 0 saturated heterocycles. The minimum absolute atomic E-state index is 0.349. The number of ether oxygens (including phenoxy) is 1. The summed E-state index contributed by atoms with van der Waals surface area (Å²) in [6, 6.07) is 15.3. The highest BCUT2D eigenvalue weighted by atomic mass is 16.5. The predicted molar refractivity (Wildman–Crippen MR) is 85.6 cm³/mol. The standard InChI is InChI=1S/C17H18N4O/c1-11-3-5-13(6-4-11)16-19-17(21-20-16)15(18)12-7-9-14(22-2)10-8-12/h3-10,15H,18H2,1-2H3,(H,19,20,21). The molecule has 0 aliphatic rings. The van der Waals surface area contributed by atoms with Gasteiger partial charge in [-0.25, -0.2) is 4.98 Å². The van der Waals surface area contributed by atoms with Crippen LogP contribution in [-0.4, -0.2) is 22.3 Å². The van der Waals surface area contributed by atoms with E-state index in [1.54, 1.807) is 7.11 Å². The van der Waals surface area contributed by atoms with Crippen molar-refractivity contribution in [3.63, 3.8) is 0 Å². The van der Waals surface area contributed by atoms with Crippen molar-refractivity contribution in [1.29, 1.82) is 0 Å². The molecule has 0 spiro atoms. The van der Waals surface area contributed by atoms with E-state index in [2.05, 4.69) is 15.2 Å². The van der Waals surface area contributed by atoms with Gasteiger partial charge >= 0.3 is 0 Å². The van der Waals surface area contributed by atoms with Gasteiger partial charge < -0.3 is 10.5 Å². The van der Waals surface area contributed by atoms with E-state index in [9.17, 15) is 0 Å². The van der Waals surface area contributed by atoms with Crippen molar-refractivity contribution in [2.75, 3.05) is 7.11 Å². The fourth-order valence-electron chi connectivity index (χ4n) is 2.21. The van der Waals surface area contributed by atoms with E-state index in [0.29, 0.717) is 11.6 Å². The second-order valence-corrected chi connectivity index (χ2v) is 5.16. The molecule has 0 saturated carbocycles. The van der Waals surface area contributed by atoms with E-state index < -0.39 is 0 Å². The molecule has 5 heteroatoms. The zero-order valence-electron chi connectivity index (χ0n) is 12.6. The molecule has 0 radical (unpaired) electrons. The van der Waals surface area contributed by atoms with Crippen molar-refractivity contribution >= 4 is 0 Å². The van der Waals surface area contributed by atoms with Crippen molar-refractivity contribution in [2.24, 2.45) is 5.73 Å². The van der Waals surface area contributed by atoms with E-state index in [1.807, 2.05) is 55.5 Å². The Morgan fingerprint density at radius 3 is 2.36 bits per heavy atom. The van der Waals surface area contributed by atoms with Crippen LogP contribution in [0.5, 0.6) is 5.75 Å². The van der Waals surface area contributed by atoms with E-state index in [0.717, 1.165) is 16.9 Å². The molecular formula is C17H18N4O. The molecule has 3 N–H and O–H groups in total. The van der Waals surface area contributed by atoms with Gasteiger partial charge in [-0.2, -0.15) is 5.10 Å². The van der Waals surface area contributed by atoms with Crippen LogP contribution in [0, 0.1) is 6.92 Å². The third-order valence-electron chi connectivity index (χ3n) is 3.58. The van der Waals surface area contributed by atoms with E-state index in [-0.39, 0.29) is 6.04 Å². The summed E-state index contributed by atoms with van der Waals surface area (Å²) in [6.45, 7) is 2.05. The number of aromatic amines is 1. The molecule has 2 aromatic carbocycles. The number of hydrogen-bond donors (Lipinski definition) is 2. The van der Waals surface area contributed by atoms with Crippen LogP contribution in [0.2, 0.25) is 0 Å². The molecule has 1 atom stereocenters. The molecule has 0 bridgehead atoms. The molecule has 22 heavy (non-hydrogen) atoms. The van der Waals surface area contributed by atoms with Crippen molar-refractivity contribution in [2.45, 2.75) is 13.0 Å². The molecule has 0 aliphatic carbocycles. The van der Waals surface area contributed by atoms with Gasteiger partial charge in [-0.3, -0.25) is 5.10 Å². The number of benzene rings is 2. The first kappa shape index (κ1) is 14.3. The monoisotopic (exact) mass is 294 g/mol. The third kappa shape index (κ3) is 2.84. The molecule has 112 valence electrons. The summed E-state index contributed by atoms with van der Waals surface area (Å²) in [6.07, 6.45) is 0. The van der Waals surface area contributed by atoms with Gasteiger partial charge in [0.25, 0.3) is 0 Å². The highest BCUT2D eigenvalue weighted by Crippen LogP contribution is 2.22. The lowest BCUT2D eigenvalue weighted by molar-refractivity contribution is 0.414. The van der Waals surface area contributed by atoms with Gasteiger partial charge in [0.15, 0.2) is 5.82 Å². The first-order valence-corrected chi connectivity index (χ1v) is 7.06. The zero-order chi connectivity index (χ0) is 15.5. The van der Waals surface area contributed by atoms with Crippen LogP contribution < -0.4 is 10.5 Å². The molecule has 5 nitrogen and oxygen atoms in total. The largest absolute Gasteiger partial charge is 0.497 e. The SMILES string of the molecule is COc1ccc(C(N)c2nc(-c3ccc(C)cc3)n[nH]2)cc1. The lowest BCUT2D eigenvalue weighted by Crippen LogP contribution is -2.13. The average molecular weight is 294 g/mol. The van der Waals surface area contributed by atoms with Crippen LogP contribution in [-0.2, 0) is 0 Å². The van der Waals surface area contributed by atoms with Gasteiger partial charge in [-0.05, 0) is 24.6 Å². The second-order valence-electron chi connectivity index (χ2n) is 5.16. The highest BCUT2D eigenvalue weighted by Gasteiger charge is 2.14. The van der Waals surface area contributed by atoms with Crippen molar-refractivity contribution < 1.29 is 4.74 Å². The van der Waals surface area contributed by atoms with Gasteiger partial charge in [-0.1, -0.05) is 42.0 Å². The molecule has 3 rings (SSSR count). The fraction of sp³-hybridized carbons (Fsp3) is 0.176. The Morgan fingerprint density at radius 1 is 1.05 bits per heavy atom. The van der Waals surface area contributed by atoms with Crippen LogP contribution >= 0.6 is 0 Å². The van der Waals surface area contributed by atoms with Crippen LogP contribution in [0.25, 0.3) is 11.4 Å². The minimum atomic E-state index is -0.349. The Kier molecular flexibility index (Phi) is 3.89. The number of aryl methyl sites for hydroxylation is 1. The summed E-state index contributed by atoms with van der Waals surface area (Å²) >= 11 is 0. The van der Waals surface area contributed by atoms with Crippen LogP contribution in [0.1, 0.15) is 23.0 Å². The molecule has 0 fully saturated rings. The number of hydrogen-bond acceptors (Lipinski definition) is 4. The predicted octanol–water partition coefficient (Wildman–Crippen LogP) is 2.84. The van der Waals surface area contributed by atoms with Crippen molar-refractivity contribution in [3.05, 3.63) is 65.5 Å². The number of rotatable bonds is 4. The Bertz CT molecular complexity index is 747. The van der Waals surface area contributed by atoms with Gasteiger partial charge in [0.1, 0.15) is 11.6 Å². The maximum absolute atomic E-state index is 6.25. The van der Waals surface area contributed by atoms with Crippen molar-refractivity contribution in [3.8, 4) is 17.1 Å². The van der Waals surface area contributed by atoms with Crippen LogP contribution in [0.3, 0.4) is 0 Å². The van der Waals surface area contributed by atoms with Crippen molar-refractivity contribution in [1.82, 2.24) is 15.2 Å². The third-order valence-corrected chi connectivity index (χ3v) is 3.58. The first-order valence-electron chi connectivity index (χ1n) is 7.06. The smallest absolute Gasteiger partial charge is 0.181 e. The summed E-state index contributed by atoms with van der Waals surface area (Å²) in [7, 11) is 1.64. The fourth-order valence-corrected chi connectivity index (χ4v) is 2.21. The quantitative estimate of drug-likeness (QED) is 0.775. The summed E-state index contributed by atoms with van der Waals surface area (Å²) in [5.74, 6) is 2.09. The Hall–Kier alpha value is -2.66. The van der Waals surface area contributed by atoms with Gasteiger partial charge in [0.2, 0.25) is 0 Å². The van der Waals surface area contributed by atoms with Gasteiger partial charge in [0, 0.05) is 5.56 Å². The maximum atomic E-state index is 6.25. The maximum Gasteiger partial charge on any atom is 0.181 e. The van der Waals surface area contributed by atoms with E-state index in [4.69, 9.17) is 10.5 Å². The summed E-state index contributed by atoms with van der Waals surface area (Å²) < 4.78 is 5.15. The molecule has 0 amide bonds. The summed E-state index contributed by atoms with van der Waals surface area (Å²) in [5, 5.41) is 7.18. The summed E-state index contributed by atoms with van der Waals surface area (Å²) in [4.78, 5) is 4.51. The van der Waals surface area contributed by atoms with E-state index in [1.165, 1.54) is 5.56 Å². The normalized spacial score (nSPS) is 12.1. The lowest BCUT2D eigenvalue weighted by atomic mass is 10.1. The molecule has 1 unspecified atom stereocenters. The zero-order valence-corrected chi connectivity index (χ0v) is 12.6. The number of aromatic nitrogens is 3. The van der Waals surface area contributed by atoms with Gasteiger partial charge in [-0.15, -0.1) is 0 Å². The number of nitrogens with two attached hydrogens (primary N) is 1. The number of methoxy groups -OCH3 is 1. The Labute approximate surface area is 129 Å². The lowest BCUT2D eigenvalue weighted by Gasteiger charge is -2.09. The molecule has 1 heterocycles. The average Bonchev–Trinajstić information content (AvgIpc) is 3.05. The molecule has 3 aromatic rings. The number of nitrogens with one attached hydrogen (secondary N) is 1. The Morgan fingerprint density at radius 2 is 1.73 bits per heavy atom.